The van der Waals surface area contributed by atoms with Crippen LogP contribution in [-0.2, 0) is 11.3 Å². The number of nitrogens with zero attached hydrogens (tertiary/aromatic N) is 5. The number of hydrogen-bond donors (Lipinski definition) is 1. The van der Waals surface area contributed by atoms with E-state index in [4.69, 9.17) is 4.98 Å². The molecule has 1 saturated carbocycles. The van der Waals surface area contributed by atoms with Crippen molar-refractivity contribution in [3.63, 3.8) is 0 Å². The number of pyridine rings is 1. The largest absolute Gasteiger partial charge is 0.342 e. The third-order valence-corrected chi connectivity index (χ3v) is 7.43. The topological polar surface area (TPSA) is 79.7 Å². The lowest BCUT2D eigenvalue weighted by atomic mass is 10.0. The number of aromatic amines is 1. The van der Waals surface area contributed by atoms with E-state index in [0.29, 0.717) is 11.8 Å². The summed E-state index contributed by atoms with van der Waals surface area (Å²) in [6.07, 6.45) is 8.69. The lowest BCUT2D eigenvalue weighted by molar-refractivity contribution is -0.131. The Labute approximate surface area is 202 Å². The number of imidazole rings is 1. The molecule has 5 aromatic rings. The minimum Gasteiger partial charge on any atom is -0.342 e. The molecule has 7 rings (SSSR count). The summed E-state index contributed by atoms with van der Waals surface area (Å²) in [4.78, 5) is 23.9. The van der Waals surface area contributed by atoms with Crippen LogP contribution in [0, 0.1) is 11.8 Å². The zero-order valence-corrected chi connectivity index (χ0v) is 19.4. The second kappa shape index (κ2) is 8.05. The second-order valence-corrected chi connectivity index (χ2v) is 9.87. The van der Waals surface area contributed by atoms with Gasteiger partial charge in [-0.15, -0.1) is 0 Å². The fraction of sp³-hybridized carbons (Fsp3) is 0.286. The number of likely N-dealkylation sites (tertiary alicyclic amines) is 1. The molecule has 1 saturated heterocycles. The van der Waals surface area contributed by atoms with E-state index in [2.05, 4.69) is 67.1 Å². The SMILES string of the molecule is O=C(C1CC1)N1CCC(Cn2c(-c3ccc(-c4ccc5[nH]ncc5c4)cc3)nc3cnccc32)C1. The standard InChI is InChI=1S/C28H26N6O/c35-28(21-5-6-21)33-12-10-18(16-33)17-34-26-9-11-29-15-25(26)31-27(34)20-3-1-19(2-4-20)22-7-8-24-23(13-22)14-30-32-24/h1-4,7-9,11,13-15,18,21H,5-6,10,12,16-17H2,(H,30,32). The van der Waals surface area contributed by atoms with Crippen LogP contribution < -0.4 is 0 Å². The fourth-order valence-corrected chi connectivity index (χ4v) is 5.35. The van der Waals surface area contributed by atoms with E-state index in [-0.39, 0.29) is 5.92 Å². The zero-order chi connectivity index (χ0) is 23.4. The summed E-state index contributed by atoms with van der Waals surface area (Å²) in [5, 5.41) is 8.24. The Kier molecular flexibility index (Phi) is 4.68. The summed E-state index contributed by atoms with van der Waals surface area (Å²) < 4.78 is 2.32. The van der Waals surface area contributed by atoms with Crippen molar-refractivity contribution in [3.8, 4) is 22.5 Å². The Morgan fingerprint density at radius 2 is 1.80 bits per heavy atom. The van der Waals surface area contributed by atoms with E-state index in [9.17, 15) is 4.79 Å². The molecular formula is C28H26N6O. The van der Waals surface area contributed by atoms with Crippen molar-refractivity contribution in [2.75, 3.05) is 13.1 Å². The number of benzene rings is 2. The molecule has 1 unspecified atom stereocenters. The number of hydrogen-bond acceptors (Lipinski definition) is 4. The first-order chi connectivity index (χ1) is 17.2. The van der Waals surface area contributed by atoms with Gasteiger partial charge in [-0.25, -0.2) is 4.98 Å². The Bertz CT molecular complexity index is 1550. The molecule has 4 heterocycles. The Morgan fingerprint density at radius 3 is 2.66 bits per heavy atom. The van der Waals surface area contributed by atoms with Gasteiger partial charge in [0.15, 0.2) is 0 Å². The highest BCUT2D eigenvalue weighted by Gasteiger charge is 2.36. The number of fused-ring (bicyclic) bond motifs is 2. The van der Waals surface area contributed by atoms with E-state index in [0.717, 1.165) is 83.3 Å². The van der Waals surface area contributed by atoms with E-state index < -0.39 is 0 Å². The quantitative estimate of drug-likeness (QED) is 0.403. The van der Waals surface area contributed by atoms with Gasteiger partial charge in [-0.1, -0.05) is 30.3 Å². The maximum absolute atomic E-state index is 12.6. The van der Waals surface area contributed by atoms with E-state index in [1.807, 2.05) is 24.7 Å². The van der Waals surface area contributed by atoms with Crippen LogP contribution in [0.15, 0.2) is 67.1 Å². The molecule has 1 aliphatic carbocycles. The van der Waals surface area contributed by atoms with Gasteiger partial charge in [0.25, 0.3) is 0 Å². The number of rotatable bonds is 5. The van der Waals surface area contributed by atoms with Crippen LogP contribution in [-0.4, -0.2) is 48.6 Å². The van der Waals surface area contributed by atoms with Crippen LogP contribution in [0.3, 0.4) is 0 Å². The lowest BCUT2D eigenvalue weighted by Gasteiger charge is -2.18. The average Bonchev–Trinajstić information content (AvgIpc) is 3.30. The van der Waals surface area contributed by atoms with E-state index in [1.54, 1.807) is 0 Å². The molecule has 0 bridgehead atoms. The molecule has 0 radical (unpaired) electrons. The molecule has 1 aliphatic heterocycles. The summed E-state index contributed by atoms with van der Waals surface area (Å²) in [5.74, 6) is 2.04. The fourth-order valence-electron chi connectivity index (χ4n) is 5.35. The molecule has 35 heavy (non-hydrogen) atoms. The van der Waals surface area contributed by atoms with Gasteiger partial charge in [0.2, 0.25) is 5.91 Å². The molecule has 0 spiro atoms. The third kappa shape index (κ3) is 3.67. The molecule has 2 fully saturated rings. The van der Waals surface area contributed by atoms with Crippen LogP contribution in [0.25, 0.3) is 44.5 Å². The highest BCUT2D eigenvalue weighted by atomic mass is 16.2. The van der Waals surface area contributed by atoms with Gasteiger partial charge < -0.3 is 9.47 Å². The molecule has 2 aromatic carbocycles. The minimum atomic E-state index is 0.289. The maximum atomic E-state index is 12.6. The van der Waals surface area contributed by atoms with Crippen LogP contribution in [0.2, 0.25) is 0 Å². The molecule has 3 aromatic heterocycles. The molecule has 2 aliphatic rings. The molecular weight excluding hydrogens is 436 g/mol. The van der Waals surface area contributed by atoms with Crippen LogP contribution >= 0.6 is 0 Å². The van der Waals surface area contributed by atoms with Gasteiger partial charge in [0.05, 0.1) is 23.4 Å². The summed E-state index contributed by atoms with van der Waals surface area (Å²) >= 11 is 0. The second-order valence-electron chi connectivity index (χ2n) is 9.87. The molecule has 7 nitrogen and oxygen atoms in total. The molecule has 174 valence electrons. The normalized spacial score (nSPS) is 18.1. The summed E-state index contributed by atoms with van der Waals surface area (Å²) in [7, 11) is 0. The van der Waals surface area contributed by atoms with Gasteiger partial charge >= 0.3 is 0 Å². The van der Waals surface area contributed by atoms with Crippen molar-refractivity contribution in [2.45, 2.75) is 25.8 Å². The first-order valence-corrected chi connectivity index (χ1v) is 12.4. The van der Waals surface area contributed by atoms with Crippen LogP contribution in [0.4, 0.5) is 0 Å². The third-order valence-electron chi connectivity index (χ3n) is 7.43. The number of carbonyl (C=O) groups excluding carboxylic acids is 1. The number of carbonyl (C=O) groups is 1. The smallest absolute Gasteiger partial charge is 0.225 e. The number of aromatic nitrogens is 5. The molecule has 1 atom stereocenters. The predicted octanol–water partition coefficient (Wildman–Crippen LogP) is 4.90. The van der Waals surface area contributed by atoms with Crippen molar-refractivity contribution in [1.82, 2.24) is 29.6 Å². The lowest BCUT2D eigenvalue weighted by Crippen LogP contribution is -2.30. The Morgan fingerprint density at radius 1 is 0.971 bits per heavy atom. The van der Waals surface area contributed by atoms with Gasteiger partial charge in [-0.3, -0.25) is 14.9 Å². The zero-order valence-electron chi connectivity index (χ0n) is 19.4. The first-order valence-electron chi connectivity index (χ1n) is 12.4. The average molecular weight is 463 g/mol. The Balaban J connectivity index is 1.19. The van der Waals surface area contributed by atoms with Crippen molar-refractivity contribution in [2.24, 2.45) is 11.8 Å². The molecule has 1 amide bonds. The first kappa shape index (κ1) is 20.4. The van der Waals surface area contributed by atoms with Crippen molar-refractivity contribution in [3.05, 3.63) is 67.1 Å². The summed E-state index contributed by atoms with van der Waals surface area (Å²) in [6.45, 7) is 2.57. The van der Waals surface area contributed by atoms with E-state index >= 15 is 0 Å². The van der Waals surface area contributed by atoms with Crippen LogP contribution in [0.1, 0.15) is 19.3 Å². The van der Waals surface area contributed by atoms with Gasteiger partial charge in [-0.2, -0.15) is 5.10 Å². The number of amides is 1. The van der Waals surface area contributed by atoms with Crippen molar-refractivity contribution < 1.29 is 4.79 Å². The number of H-pyrrole nitrogens is 1. The molecule has 7 heteroatoms. The van der Waals surface area contributed by atoms with Crippen LogP contribution in [0.5, 0.6) is 0 Å². The van der Waals surface area contributed by atoms with Gasteiger partial charge in [0.1, 0.15) is 11.3 Å². The highest BCUT2D eigenvalue weighted by Crippen LogP contribution is 2.34. The monoisotopic (exact) mass is 462 g/mol. The van der Waals surface area contributed by atoms with Crippen molar-refractivity contribution in [1.29, 1.82) is 0 Å². The maximum Gasteiger partial charge on any atom is 0.225 e. The van der Waals surface area contributed by atoms with E-state index in [1.165, 1.54) is 0 Å². The number of nitrogens with one attached hydrogen (secondary N) is 1. The minimum absolute atomic E-state index is 0.289. The summed E-state index contributed by atoms with van der Waals surface area (Å²) in [6, 6.07) is 17.0. The predicted molar refractivity (Wildman–Crippen MR) is 135 cm³/mol. The summed E-state index contributed by atoms with van der Waals surface area (Å²) in [5.41, 5.74) is 6.44. The Hall–Kier alpha value is -4.00. The van der Waals surface area contributed by atoms with Gasteiger partial charge in [-0.05, 0) is 54.5 Å². The van der Waals surface area contributed by atoms with Crippen molar-refractivity contribution >= 4 is 27.8 Å². The van der Waals surface area contributed by atoms with Gasteiger partial charge in [0, 0.05) is 42.7 Å². The highest BCUT2D eigenvalue weighted by molar-refractivity contribution is 5.85. The molecule has 1 N–H and O–H groups in total.